The van der Waals surface area contributed by atoms with E-state index in [0.717, 1.165) is 42.6 Å². The first-order valence-electron chi connectivity index (χ1n) is 6.94. The molecule has 1 fully saturated rings. The molecule has 0 aliphatic carbocycles. The highest BCUT2D eigenvalue weighted by Gasteiger charge is 2.44. The van der Waals surface area contributed by atoms with Gasteiger partial charge < -0.3 is 5.11 Å². The molecule has 1 aromatic carbocycles. The van der Waals surface area contributed by atoms with Crippen molar-refractivity contribution in [3.8, 4) is 0 Å². The van der Waals surface area contributed by atoms with Gasteiger partial charge in [0, 0.05) is 0 Å². The van der Waals surface area contributed by atoms with E-state index in [1.807, 2.05) is 20.8 Å². The lowest BCUT2D eigenvalue weighted by atomic mass is 9.83. The number of carboxylic acid groups (broad SMARTS) is 1. The van der Waals surface area contributed by atoms with Gasteiger partial charge in [0.15, 0.2) is 0 Å². The Morgan fingerprint density at radius 3 is 2.05 bits per heavy atom. The number of likely N-dealkylation sites (tertiary alicyclic amines) is 1. The summed E-state index contributed by atoms with van der Waals surface area (Å²) in [5.74, 6) is -0.746. The van der Waals surface area contributed by atoms with Crippen molar-refractivity contribution in [3.63, 3.8) is 0 Å². The van der Waals surface area contributed by atoms with Crippen LogP contribution in [0.4, 0.5) is 0 Å². The molecule has 0 amide bonds. The minimum atomic E-state index is -0.904. The standard InChI is InChI=1S/C16H23NO2/c1-11-9-12(2)14(13(3)10-11)16(4,15(18)19)17-7-5-6-8-17/h9-10H,5-8H2,1-4H3,(H,18,19). The molecule has 0 radical (unpaired) electrons. The maximum Gasteiger partial charge on any atom is 0.328 e. The molecule has 1 atom stereocenters. The molecule has 1 aromatic rings. The summed E-state index contributed by atoms with van der Waals surface area (Å²) in [6, 6.07) is 4.17. The van der Waals surface area contributed by atoms with Gasteiger partial charge in [-0.05, 0) is 70.3 Å². The third-order valence-electron chi connectivity index (χ3n) is 4.32. The summed E-state index contributed by atoms with van der Waals surface area (Å²) in [5.41, 5.74) is 3.40. The molecule has 0 spiro atoms. The average Bonchev–Trinajstić information content (AvgIpc) is 2.80. The highest BCUT2D eigenvalue weighted by Crippen LogP contribution is 2.36. The van der Waals surface area contributed by atoms with Crippen LogP contribution < -0.4 is 0 Å². The van der Waals surface area contributed by atoms with Crippen LogP contribution in [0.2, 0.25) is 0 Å². The van der Waals surface area contributed by atoms with Gasteiger partial charge >= 0.3 is 5.97 Å². The molecule has 3 nitrogen and oxygen atoms in total. The lowest BCUT2D eigenvalue weighted by Crippen LogP contribution is -2.49. The van der Waals surface area contributed by atoms with E-state index in [1.165, 1.54) is 5.56 Å². The summed E-state index contributed by atoms with van der Waals surface area (Å²) in [5, 5.41) is 9.82. The number of hydrogen-bond acceptors (Lipinski definition) is 2. The first-order chi connectivity index (χ1) is 8.87. The van der Waals surface area contributed by atoms with Gasteiger partial charge in [0.1, 0.15) is 5.54 Å². The molecule has 2 rings (SSSR count). The number of aliphatic carboxylic acids is 1. The van der Waals surface area contributed by atoms with Crippen LogP contribution in [0.1, 0.15) is 42.0 Å². The zero-order valence-electron chi connectivity index (χ0n) is 12.3. The van der Waals surface area contributed by atoms with Crippen molar-refractivity contribution in [1.82, 2.24) is 4.90 Å². The maximum absolute atomic E-state index is 12.0. The van der Waals surface area contributed by atoms with E-state index < -0.39 is 11.5 Å². The Morgan fingerprint density at radius 1 is 1.16 bits per heavy atom. The lowest BCUT2D eigenvalue weighted by Gasteiger charge is -2.37. The first-order valence-corrected chi connectivity index (χ1v) is 6.94. The SMILES string of the molecule is Cc1cc(C)c(C(C)(C(=O)O)N2CCCC2)c(C)c1. The second kappa shape index (κ2) is 4.97. The molecule has 19 heavy (non-hydrogen) atoms. The first kappa shape index (κ1) is 14.1. The summed E-state index contributed by atoms with van der Waals surface area (Å²) in [6.45, 7) is 9.69. The molecule has 104 valence electrons. The van der Waals surface area contributed by atoms with E-state index in [0.29, 0.717) is 0 Å². The summed E-state index contributed by atoms with van der Waals surface area (Å²) < 4.78 is 0. The van der Waals surface area contributed by atoms with Gasteiger partial charge in [-0.25, -0.2) is 4.79 Å². The fraction of sp³-hybridized carbons (Fsp3) is 0.562. The van der Waals surface area contributed by atoms with Crippen LogP contribution in [0.25, 0.3) is 0 Å². The molecule has 1 unspecified atom stereocenters. The third-order valence-corrected chi connectivity index (χ3v) is 4.32. The van der Waals surface area contributed by atoms with Gasteiger partial charge in [-0.2, -0.15) is 0 Å². The monoisotopic (exact) mass is 261 g/mol. The highest BCUT2D eigenvalue weighted by molar-refractivity contribution is 5.81. The van der Waals surface area contributed by atoms with Crippen LogP contribution in [-0.2, 0) is 10.3 Å². The molecular weight excluding hydrogens is 238 g/mol. The summed E-state index contributed by atoms with van der Waals surface area (Å²) >= 11 is 0. The van der Waals surface area contributed by atoms with Crippen molar-refractivity contribution < 1.29 is 9.90 Å². The van der Waals surface area contributed by atoms with E-state index in [1.54, 1.807) is 0 Å². The van der Waals surface area contributed by atoms with Crippen molar-refractivity contribution in [2.45, 2.75) is 46.1 Å². The van der Waals surface area contributed by atoms with Crippen LogP contribution in [0.5, 0.6) is 0 Å². The van der Waals surface area contributed by atoms with Gasteiger partial charge in [0.2, 0.25) is 0 Å². The Morgan fingerprint density at radius 2 is 1.63 bits per heavy atom. The van der Waals surface area contributed by atoms with Gasteiger partial charge in [0.05, 0.1) is 0 Å². The average molecular weight is 261 g/mol. The number of benzene rings is 1. The minimum absolute atomic E-state index is 0.746. The van der Waals surface area contributed by atoms with Gasteiger partial charge in [-0.1, -0.05) is 17.7 Å². The molecule has 0 bridgehead atoms. The van der Waals surface area contributed by atoms with Crippen LogP contribution in [0.3, 0.4) is 0 Å². The Labute approximate surface area is 115 Å². The fourth-order valence-electron chi connectivity index (χ4n) is 3.51. The summed E-state index contributed by atoms with van der Waals surface area (Å²) in [4.78, 5) is 14.1. The third kappa shape index (κ3) is 2.27. The predicted octanol–water partition coefficient (Wildman–Crippen LogP) is 3.01. The molecule has 1 heterocycles. The molecule has 3 heteroatoms. The van der Waals surface area contributed by atoms with E-state index in [4.69, 9.17) is 0 Å². The minimum Gasteiger partial charge on any atom is -0.480 e. The van der Waals surface area contributed by atoms with Crippen molar-refractivity contribution in [1.29, 1.82) is 0 Å². The van der Waals surface area contributed by atoms with E-state index in [-0.39, 0.29) is 0 Å². The number of hydrogen-bond donors (Lipinski definition) is 1. The lowest BCUT2D eigenvalue weighted by molar-refractivity contribution is -0.150. The molecule has 1 aliphatic rings. The Bertz CT molecular complexity index is 480. The largest absolute Gasteiger partial charge is 0.480 e. The second-order valence-electron chi connectivity index (χ2n) is 5.85. The van der Waals surface area contributed by atoms with E-state index in [2.05, 4.69) is 24.0 Å². The highest BCUT2D eigenvalue weighted by atomic mass is 16.4. The zero-order valence-corrected chi connectivity index (χ0v) is 12.3. The fourth-order valence-corrected chi connectivity index (χ4v) is 3.51. The maximum atomic E-state index is 12.0. The topological polar surface area (TPSA) is 40.5 Å². The number of carboxylic acids is 1. The van der Waals surface area contributed by atoms with Gasteiger partial charge in [-0.3, -0.25) is 4.90 Å². The summed E-state index contributed by atoms with van der Waals surface area (Å²) in [7, 11) is 0. The quantitative estimate of drug-likeness (QED) is 0.909. The predicted molar refractivity (Wildman–Crippen MR) is 76.4 cm³/mol. The van der Waals surface area contributed by atoms with Crippen LogP contribution in [0.15, 0.2) is 12.1 Å². The Balaban J connectivity index is 2.59. The second-order valence-corrected chi connectivity index (χ2v) is 5.85. The van der Waals surface area contributed by atoms with Gasteiger partial charge in [0.25, 0.3) is 0 Å². The molecule has 0 saturated carbocycles. The molecule has 1 aliphatic heterocycles. The molecule has 1 N–H and O–H groups in total. The zero-order chi connectivity index (χ0) is 14.2. The van der Waals surface area contributed by atoms with Crippen LogP contribution in [0, 0.1) is 20.8 Å². The summed E-state index contributed by atoms with van der Waals surface area (Å²) in [6.07, 6.45) is 2.18. The molecule has 0 aromatic heterocycles. The Hall–Kier alpha value is -1.35. The van der Waals surface area contributed by atoms with Gasteiger partial charge in [-0.15, -0.1) is 0 Å². The van der Waals surface area contributed by atoms with Crippen molar-refractivity contribution >= 4 is 5.97 Å². The number of aryl methyl sites for hydroxylation is 3. The van der Waals surface area contributed by atoms with E-state index >= 15 is 0 Å². The number of nitrogens with zero attached hydrogens (tertiary/aromatic N) is 1. The van der Waals surface area contributed by atoms with Crippen molar-refractivity contribution in [2.24, 2.45) is 0 Å². The van der Waals surface area contributed by atoms with E-state index in [9.17, 15) is 9.90 Å². The molecule has 1 saturated heterocycles. The molecular formula is C16H23NO2. The van der Waals surface area contributed by atoms with Crippen LogP contribution >= 0.6 is 0 Å². The van der Waals surface area contributed by atoms with Crippen molar-refractivity contribution in [3.05, 3.63) is 34.4 Å². The number of rotatable bonds is 3. The van der Waals surface area contributed by atoms with Crippen molar-refractivity contribution in [2.75, 3.05) is 13.1 Å². The van der Waals surface area contributed by atoms with Crippen LogP contribution in [-0.4, -0.2) is 29.1 Å². The smallest absolute Gasteiger partial charge is 0.328 e. The normalized spacial score (nSPS) is 19.4. The Kier molecular flexibility index (Phi) is 3.68. The number of carbonyl (C=O) groups is 1.